The number of nitrogens with one attached hydrogen (secondary N) is 1. The number of rotatable bonds is 6. The van der Waals surface area contributed by atoms with Crippen molar-refractivity contribution in [2.24, 2.45) is 0 Å². The van der Waals surface area contributed by atoms with E-state index < -0.39 is 5.97 Å². The van der Waals surface area contributed by atoms with Crippen molar-refractivity contribution in [1.82, 2.24) is 4.98 Å². The molecule has 0 unspecified atom stereocenters. The number of carbonyl (C=O) groups is 1. The first kappa shape index (κ1) is 17.5. The Kier molecular flexibility index (Phi) is 5.17. The van der Waals surface area contributed by atoms with Crippen LogP contribution in [0.4, 0.5) is 11.4 Å². The molecule has 0 saturated carbocycles. The summed E-state index contributed by atoms with van der Waals surface area (Å²) in [6.07, 6.45) is 1.72. The van der Waals surface area contributed by atoms with Gasteiger partial charge in [-0.25, -0.2) is 4.79 Å². The minimum absolute atomic E-state index is 0.223. The summed E-state index contributed by atoms with van der Waals surface area (Å²) in [6, 6.07) is 16.6. The quantitative estimate of drug-likeness (QED) is 0.663. The monoisotopic (exact) mass is 348 g/mol. The topological polar surface area (TPSA) is 71.5 Å². The predicted octanol–water partition coefficient (Wildman–Crippen LogP) is 4.90. The lowest BCUT2D eigenvalue weighted by Crippen LogP contribution is -2.03. The number of hydrogen-bond acceptors (Lipinski definition) is 4. The summed E-state index contributed by atoms with van der Waals surface area (Å²) in [5.41, 5.74) is 4.30. The third-order valence-corrected chi connectivity index (χ3v) is 3.98. The molecule has 0 aliphatic rings. The Hall–Kier alpha value is -3.34. The summed E-state index contributed by atoms with van der Waals surface area (Å²) >= 11 is 0. The van der Waals surface area contributed by atoms with Crippen LogP contribution in [-0.4, -0.2) is 22.7 Å². The predicted molar refractivity (Wildman–Crippen MR) is 102 cm³/mol. The maximum absolute atomic E-state index is 11.4. The first-order valence-corrected chi connectivity index (χ1v) is 8.37. The average Bonchev–Trinajstić information content (AvgIpc) is 2.64. The van der Waals surface area contributed by atoms with Gasteiger partial charge in [0.05, 0.1) is 35.4 Å². The van der Waals surface area contributed by atoms with Gasteiger partial charge in [-0.3, -0.25) is 4.98 Å². The van der Waals surface area contributed by atoms with Crippen molar-refractivity contribution in [2.45, 2.75) is 13.8 Å². The molecule has 26 heavy (non-hydrogen) atoms. The van der Waals surface area contributed by atoms with Crippen LogP contribution in [0.2, 0.25) is 0 Å². The fourth-order valence-electron chi connectivity index (χ4n) is 2.68. The molecule has 3 aromatic rings. The molecule has 2 aromatic carbocycles. The number of nitrogens with zero attached hydrogens (tertiary/aromatic N) is 1. The maximum atomic E-state index is 11.4. The van der Waals surface area contributed by atoms with Crippen molar-refractivity contribution in [3.63, 3.8) is 0 Å². The van der Waals surface area contributed by atoms with E-state index in [0.29, 0.717) is 12.3 Å². The number of ether oxygens (including phenoxy) is 1. The van der Waals surface area contributed by atoms with Gasteiger partial charge in [-0.1, -0.05) is 24.3 Å². The number of aryl methyl sites for hydroxylation is 1. The van der Waals surface area contributed by atoms with Gasteiger partial charge in [0.25, 0.3) is 0 Å². The number of hydrogen-bond donors (Lipinski definition) is 2. The molecule has 0 aliphatic heterocycles. The number of anilines is 2. The Labute approximate surface area is 152 Å². The lowest BCUT2D eigenvalue weighted by atomic mass is 10.1. The smallest absolute Gasteiger partial charge is 0.337 e. The number of aromatic nitrogens is 1. The van der Waals surface area contributed by atoms with Crippen LogP contribution in [0.25, 0.3) is 11.3 Å². The van der Waals surface area contributed by atoms with Gasteiger partial charge in [-0.2, -0.15) is 0 Å². The highest BCUT2D eigenvalue weighted by molar-refractivity contribution is 5.95. The van der Waals surface area contributed by atoms with Gasteiger partial charge in [0, 0.05) is 5.56 Å². The van der Waals surface area contributed by atoms with Crippen LogP contribution < -0.4 is 10.1 Å². The molecule has 3 rings (SSSR count). The molecule has 0 aliphatic carbocycles. The summed E-state index contributed by atoms with van der Waals surface area (Å²) in [4.78, 5) is 15.9. The summed E-state index contributed by atoms with van der Waals surface area (Å²) in [5, 5.41) is 12.5. The van der Waals surface area contributed by atoms with E-state index in [9.17, 15) is 9.90 Å². The maximum Gasteiger partial charge on any atom is 0.337 e. The summed E-state index contributed by atoms with van der Waals surface area (Å²) in [5.74, 6) is -0.162. The second-order valence-electron chi connectivity index (χ2n) is 5.82. The number of para-hydroxylation sites is 1. The second-order valence-corrected chi connectivity index (χ2v) is 5.82. The zero-order valence-electron chi connectivity index (χ0n) is 14.7. The number of benzene rings is 2. The highest BCUT2D eigenvalue weighted by Crippen LogP contribution is 2.28. The lowest BCUT2D eigenvalue weighted by molar-refractivity contribution is 0.0698. The fourth-order valence-corrected chi connectivity index (χ4v) is 2.68. The molecule has 0 radical (unpaired) electrons. The Morgan fingerprint density at radius 2 is 1.92 bits per heavy atom. The van der Waals surface area contributed by atoms with Crippen LogP contribution in [0.3, 0.4) is 0 Å². The van der Waals surface area contributed by atoms with E-state index in [1.165, 1.54) is 0 Å². The Morgan fingerprint density at radius 1 is 1.12 bits per heavy atom. The van der Waals surface area contributed by atoms with E-state index in [2.05, 4.69) is 10.3 Å². The standard InChI is InChI=1S/C21H20N2O3/c1-3-26-16-8-6-7-15(12-16)19-11-14(2)20(13-22-19)23-18-10-5-4-9-17(18)21(24)25/h4-13,23H,3H2,1-2H3,(H,24,25). The summed E-state index contributed by atoms with van der Waals surface area (Å²) < 4.78 is 5.54. The highest BCUT2D eigenvalue weighted by Gasteiger charge is 2.11. The first-order chi connectivity index (χ1) is 12.6. The fraction of sp³-hybridized carbons (Fsp3) is 0.143. The van der Waals surface area contributed by atoms with Crippen molar-refractivity contribution in [3.8, 4) is 17.0 Å². The Balaban J connectivity index is 1.89. The largest absolute Gasteiger partial charge is 0.494 e. The van der Waals surface area contributed by atoms with Crippen LogP contribution in [0.5, 0.6) is 5.75 Å². The van der Waals surface area contributed by atoms with Gasteiger partial charge in [0.15, 0.2) is 0 Å². The SMILES string of the molecule is CCOc1cccc(-c2cc(C)c(Nc3ccccc3C(=O)O)cn2)c1. The van der Waals surface area contributed by atoms with E-state index in [1.54, 1.807) is 30.5 Å². The molecule has 132 valence electrons. The van der Waals surface area contributed by atoms with Crippen molar-refractivity contribution in [2.75, 3.05) is 11.9 Å². The van der Waals surface area contributed by atoms with E-state index in [0.717, 1.165) is 28.3 Å². The average molecular weight is 348 g/mol. The van der Waals surface area contributed by atoms with E-state index >= 15 is 0 Å². The van der Waals surface area contributed by atoms with Gasteiger partial charge in [0.1, 0.15) is 5.75 Å². The summed E-state index contributed by atoms with van der Waals surface area (Å²) in [6.45, 7) is 4.52. The minimum atomic E-state index is -0.969. The van der Waals surface area contributed by atoms with Crippen LogP contribution in [0, 0.1) is 6.92 Å². The van der Waals surface area contributed by atoms with E-state index in [-0.39, 0.29) is 5.56 Å². The zero-order chi connectivity index (χ0) is 18.5. The van der Waals surface area contributed by atoms with Crippen molar-refractivity contribution in [3.05, 3.63) is 71.9 Å². The molecule has 0 spiro atoms. The van der Waals surface area contributed by atoms with Gasteiger partial charge in [-0.05, 0) is 49.7 Å². The molecule has 0 amide bonds. The Morgan fingerprint density at radius 3 is 2.65 bits per heavy atom. The highest BCUT2D eigenvalue weighted by atomic mass is 16.5. The normalized spacial score (nSPS) is 10.4. The third kappa shape index (κ3) is 3.83. The van der Waals surface area contributed by atoms with E-state index in [4.69, 9.17) is 4.74 Å². The molecule has 0 saturated heterocycles. The number of aromatic carboxylic acids is 1. The van der Waals surface area contributed by atoms with E-state index in [1.807, 2.05) is 44.2 Å². The van der Waals surface area contributed by atoms with Crippen molar-refractivity contribution < 1.29 is 14.6 Å². The van der Waals surface area contributed by atoms with Crippen LogP contribution in [0.1, 0.15) is 22.8 Å². The van der Waals surface area contributed by atoms with Crippen LogP contribution >= 0.6 is 0 Å². The number of pyridine rings is 1. The number of carboxylic acid groups (broad SMARTS) is 1. The molecule has 5 heteroatoms. The molecule has 5 nitrogen and oxygen atoms in total. The number of carboxylic acids is 1. The Bertz CT molecular complexity index is 938. The lowest BCUT2D eigenvalue weighted by Gasteiger charge is -2.13. The van der Waals surface area contributed by atoms with Crippen LogP contribution in [0.15, 0.2) is 60.8 Å². The third-order valence-electron chi connectivity index (χ3n) is 3.98. The van der Waals surface area contributed by atoms with Gasteiger partial charge in [0.2, 0.25) is 0 Å². The van der Waals surface area contributed by atoms with Gasteiger partial charge >= 0.3 is 5.97 Å². The minimum Gasteiger partial charge on any atom is -0.494 e. The molecular weight excluding hydrogens is 328 g/mol. The zero-order valence-corrected chi connectivity index (χ0v) is 14.7. The first-order valence-electron chi connectivity index (χ1n) is 8.37. The molecule has 0 fully saturated rings. The summed E-state index contributed by atoms with van der Waals surface area (Å²) in [7, 11) is 0. The molecule has 1 heterocycles. The van der Waals surface area contributed by atoms with Gasteiger partial charge < -0.3 is 15.2 Å². The van der Waals surface area contributed by atoms with Gasteiger partial charge in [-0.15, -0.1) is 0 Å². The van der Waals surface area contributed by atoms with Crippen molar-refractivity contribution >= 4 is 17.3 Å². The molecule has 0 bridgehead atoms. The molecule has 2 N–H and O–H groups in total. The molecular formula is C21H20N2O3. The second kappa shape index (κ2) is 7.70. The molecule has 0 atom stereocenters. The van der Waals surface area contributed by atoms with Crippen LogP contribution in [-0.2, 0) is 0 Å². The molecule has 1 aromatic heterocycles. The van der Waals surface area contributed by atoms with Crippen molar-refractivity contribution in [1.29, 1.82) is 0 Å².